The summed E-state index contributed by atoms with van der Waals surface area (Å²) in [6.07, 6.45) is 1.65. The van der Waals surface area contributed by atoms with E-state index in [1.165, 1.54) is 19.2 Å². The van der Waals surface area contributed by atoms with Gasteiger partial charge in [0.15, 0.2) is 16.7 Å². The fourth-order valence-electron chi connectivity index (χ4n) is 2.46. The Morgan fingerprint density at radius 1 is 1.24 bits per heavy atom. The number of thioether (sulfide) groups is 1. The molecule has 0 saturated heterocycles. The van der Waals surface area contributed by atoms with E-state index < -0.39 is 5.82 Å². The number of hydrogen-bond acceptors (Lipinski definition) is 6. The minimum atomic E-state index is -0.486. The molecule has 0 aliphatic heterocycles. The van der Waals surface area contributed by atoms with E-state index in [-0.39, 0.29) is 11.7 Å². The lowest BCUT2D eigenvalue weighted by Crippen LogP contribution is -2.19. The van der Waals surface area contributed by atoms with E-state index in [0.29, 0.717) is 22.6 Å². The number of carbonyl (C=O) groups is 1. The third-order valence-corrected chi connectivity index (χ3v) is 5.25. The molecule has 0 atom stereocenters. The van der Waals surface area contributed by atoms with Gasteiger partial charge >= 0.3 is 0 Å². The lowest BCUT2D eigenvalue weighted by molar-refractivity contribution is 0.0955. The van der Waals surface area contributed by atoms with Gasteiger partial charge in [0.1, 0.15) is 6.33 Å². The number of methoxy groups -OCH3 is 1. The van der Waals surface area contributed by atoms with Crippen molar-refractivity contribution in [3.05, 3.63) is 71.3 Å². The number of hydrogen-bond donors (Lipinski definition) is 1. The maximum atomic E-state index is 13.8. The van der Waals surface area contributed by atoms with Crippen molar-refractivity contribution in [3.8, 4) is 5.75 Å². The second-order valence-electron chi connectivity index (χ2n) is 6.20. The highest BCUT2D eigenvalue weighted by Gasteiger charge is 2.08. The maximum absolute atomic E-state index is 13.8. The Balaban J connectivity index is 1.59. The van der Waals surface area contributed by atoms with Crippen LogP contribution in [0.3, 0.4) is 0 Å². The summed E-state index contributed by atoms with van der Waals surface area (Å²) in [5.74, 6) is 0.0452. The van der Waals surface area contributed by atoms with Crippen molar-refractivity contribution in [2.75, 3.05) is 7.11 Å². The molecule has 0 saturated carbocycles. The smallest absolute Gasteiger partial charge is 0.271 e. The van der Waals surface area contributed by atoms with Crippen LogP contribution in [0.5, 0.6) is 5.75 Å². The third-order valence-electron chi connectivity index (χ3n) is 4.15. The molecule has 3 rings (SSSR count). The van der Waals surface area contributed by atoms with E-state index in [4.69, 9.17) is 4.74 Å². The molecule has 1 aromatic heterocycles. The number of rotatable bonds is 7. The van der Waals surface area contributed by atoms with Crippen LogP contribution in [0.1, 0.15) is 28.4 Å². The van der Waals surface area contributed by atoms with E-state index in [1.54, 1.807) is 43.2 Å². The highest BCUT2D eigenvalue weighted by molar-refractivity contribution is 7.98. The number of nitrogens with one attached hydrogen (secondary N) is 1. The van der Waals surface area contributed by atoms with Gasteiger partial charge in [-0.2, -0.15) is 5.10 Å². The van der Waals surface area contributed by atoms with E-state index >= 15 is 0 Å². The van der Waals surface area contributed by atoms with Gasteiger partial charge in [-0.3, -0.25) is 4.79 Å². The number of benzene rings is 2. The summed E-state index contributed by atoms with van der Waals surface area (Å²) in [6, 6.07) is 11.7. The second kappa shape index (κ2) is 9.33. The van der Waals surface area contributed by atoms with Crippen LogP contribution in [0, 0.1) is 5.82 Å². The molecule has 7 nitrogen and oxygen atoms in total. The van der Waals surface area contributed by atoms with Crippen molar-refractivity contribution in [3.63, 3.8) is 0 Å². The number of amides is 1. The van der Waals surface area contributed by atoms with Crippen LogP contribution >= 0.6 is 11.8 Å². The lowest BCUT2D eigenvalue weighted by Gasteiger charge is -2.06. The summed E-state index contributed by atoms with van der Waals surface area (Å²) >= 11 is 1.56. The molecule has 29 heavy (non-hydrogen) atoms. The van der Waals surface area contributed by atoms with Crippen molar-refractivity contribution in [1.82, 2.24) is 20.2 Å². The van der Waals surface area contributed by atoms with Crippen molar-refractivity contribution in [1.29, 1.82) is 0 Å². The average Bonchev–Trinajstić information content (AvgIpc) is 3.15. The van der Waals surface area contributed by atoms with Gasteiger partial charge in [0.25, 0.3) is 5.91 Å². The molecule has 0 fully saturated rings. The molecule has 0 aliphatic carbocycles. The largest absolute Gasteiger partial charge is 0.494 e. The monoisotopic (exact) mass is 413 g/mol. The molecular formula is C20H20FN5O2S. The fourth-order valence-corrected chi connectivity index (χ4v) is 3.30. The minimum absolute atomic E-state index is 0.156. The Morgan fingerprint density at radius 2 is 1.97 bits per heavy atom. The zero-order valence-corrected chi connectivity index (χ0v) is 17.0. The predicted molar refractivity (Wildman–Crippen MR) is 110 cm³/mol. The first kappa shape index (κ1) is 20.5. The van der Waals surface area contributed by atoms with Gasteiger partial charge < -0.3 is 9.30 Å². The first-order valence-electron chi connectivity index (χ1n) is 8.72. The predicted octanol–water partition coefficient (Wildman–Crippen LogP) is 3.41. The summed E-state index contributed by atoms with van der Waals surface area (Å²) in [6.45, 7) is 1.69. The van der Waals surface area contributed by atoms with Crippen molar-refractivity contribution in [2.24, 2.45) is 12.1 Å². The number of aromatic nitrogens is 3. The zero-order valence-electron chi connectivity index (χ0n) is 16.2. The highest BCUT2D eigenvalue weighted by atomic mass is 32.2. The standard InChI is InChI=1S/C20H20FN5O2S/c1-13(16-8-9-18(28-3)17(21)10-16)23-24-19(27)15-6-4-14(5-7-15)11-29-20-25-22-12-26(20)2/h4-10,12H,11H2,1-3H3,(H,24,27)/b23-13-. The van der Waals surface area contributed by atoms with Crippen LogP contribution in [-0.2, 0) is 12.8 Å². The van der Waals surface area contributed by atoms with Crippen molar-refractivity contribution >= 4 is 23.4 Å². The van der Waals surface area contributed by atoms with E-state index in [1.807, 2.05) is 23.7 Å². The molecular weight excluding hydrogens is 393 g/mol. The van der Waals surface area contributed by atoms with Crippen LogP contribution in [-0.4, -0.2) is 33.5 Å². The zero-order chi connectivity index (χ0) is 20.8. The molecule has 0 spiro atoms. The molecule has 9 heteroatoms. The summed E-state index contributed by atoms with van der Waals surface area (Å²) < 4.78 is 20.6. The number of hydrazone groups is 1. The first-order chi connectivity index (χ1) is 14.0. The van der Waals surface area contributed by atoms with Crippen LogP contribution in [0.15, 0.2) is 59.0 Å². The van der Waals surface area contributed by atoms with Gasteiger partial charge in [-0.25, -0.2) is 9.82 Å². The molecule has 0 bridgehead atoms. The normalized spacial score (nSPS) is 11.4. The molecule has 1 heterocycles. The van der Waals surface area contributed by atoms with Gasteiger partial charge in [-0.15, -0.1) is 10.2 Å². The highest BCUT2D eigenvalue weighted by Crippen LogP contribution is 2.20. The Kier molecular flexibility index (Phi) is 6.61. The van der Waals surface area contributed by atoms with Gasteiger partial charge in [-0.1, -0.05) is 23.9 Å². The Bertz CT molecular complexity index is 1030. The van der Waals surface area contributed by atoms with Gasteiger partial charge in [0.2, 0.25) is 0 Å². The van der Waals surface area contributed by atoms with Gasteiger partial charge in [-0.05, 0) is 42.8 Å². The van der Waals surface area contributed by atoms with E-state index in [2.05, 4.69) is 20.7 Å². The summed E-state index contributed by atoms with van der Waals surface area (Å²) in [4.78, 5) is 12.3. The molecule has 1 amide bonds. The molecule has 0 aliphatic rings. The SMILES string of the molecule is COc1ccc(/C(C)=N\NC(=O)c2ccc(CSc3nncn3C)cc2)cc1F. The van der Waals surface area contributed by atoms with Crippen LogP contribution in [0.2, 0.25) is 0 Å². The quantitative estimate of drug-likeness (QED) is 0.365. The van der Waals surface area contributed by atoms with Crippen molar-refractivity contribution < 1.29 is 13.9 Å². The first-order valence-corrected chi connectivity index (χ1v) is 9.70. The van der Waals surface area contributed by atoms with Crippen molar-refractivity contribution in [2.45, 2.75) is 17.8 Å². The molecule has 0 radical (unpaired) electrons. The Hall–Kier alpha value is -3.20. The fraction of sp³-hybridized carbons (Fsp3) is 0.200. The molecule has 0 unspecified atom stereocenters. The minimum Gasteiger partial charge on any atom is -0.494 e. The number of ether oxygens (including phenoxy) is 1. The number of nitrogens with zero attached hydrogens (tertiary/aromatic N) is 4. The lowest BCUT2D eigenvalue weighted by atomic mass is 10.1. The summed E-state index contributed by atoms with van der Waals surface area (Å²) in [7, 11) is 3.29. The van der Waals surface area contributed by atoms with Crippen LogP contribution in [0.25, 0.3) is 0 Å². The maximum Gasteiger partial charge on any atom is 0.271 e. The average molecular weight is 413 g/mol. The number of halogens is 1. The molecule has 3 aromatic rings. The number of carbonyl (C=O) groups excluding carboxylic acids is 1. The van der Waals surface area contributed by atoms with Gasteiger partial charge in [0, 0.05) is 23.9 Å². The topological polar surface area (TPSA) is 81.4 Å². The summed E-state index contributed by atoms with van der Waals surface area (Å²) in [5.41, 5.74) is 5.07. The third kappa shape index (κ3) is 5.20. The van der Waals surface area contributed by atoms with E-state index in [0.717, 1.165) is 10.7 Å². The van der Waals surface area contributed by atoms with Crippen LogP contribution in [0.4, 0.5) is 4.39 Å². The van der Waals surface area contributed by atoms with Crippen LogP contribution < -0.4 is 10.2 Å². The molecule has 1 N–H and O–H groups in total. The number of aryl methyl sites for hydroxylation is 1. The molecule has 2 aromatic carbocycles. The molecule has 150 valence electrons. The Labute approximate surface area is 172 Å². The Morgan fingerprint density at radius 3 is 2.59 bits per heavy atom. The second-order valence-corrected chi connectivity index (χ2v) is 7.14. The van der Waals surface area contributed by atoms with E-state index in [9.17, 15) is 9.18 Å². The summed E-state index contributed by atoms with van der Waals surface area (Å²) in [5, 5.41) is 12.7. The van der Waals surface area contributed by atoms with Gasteiger partial charge in [0.05, 0.1) is 12.8 Å².